The molecule has 4 nitrogen and oxygen atoms in total. The van der Waals surface area contributed by atoms with Gasteiger partial charge in [0, 0.05) is 17.9 Å². The van der Waals surface area contributed by atoms with Crippen LogP contribution >= 0.6 is 0 Å². The van der Waals surface area contributed by atoms with E-state index in [4.69, 9.17) is 14.2 Å². The Morgan fingerprint density at radius 2 is 1.82 bits per heavy atom. The first-order chi connectivity index (χ1) is 10.8. The van der Waals surface area contributed by atoms with Crippen LogP contribution in [0.5, 0.6) is 0 Å². The maximum absolute atomic E-state index is 11.5. The highest BCUT2D eigenvalue weighted by Gasteiger charge is 2.39. The summed E-state index contributed by atoms with van der Waals surface area (Å²) in [6.07, 6.45) is 4.52. The molecule has 1 aromatic rings. The van der Waals surface area contributed by atoms with Gasteiger partial charge in [-0.25, -0.2) is 0 Å². The highest BCUT2D eigenvalue weighted by atomic mass is 16.9. The molecule has 0 atom stereocenters. The molecule has 0 bridgehead atoms. The van der Waals surface area contributed by atoms with Crippen molar-refractivity contribution in [3.05, 3.63) is 35.9 Å². The number of benzene rings is 1. The average Bonchev–Trinajstić information content (AvgIpc) is 2.49. The normalized spacial score (nSPS) is 31.3. The van der Waals surface area contributed by atoms with Crippen molar-refractivity contribution in [3.8, 4) is 0 Å². The van der Waals surface area contributed by atoms with Gasteiger partial charge in [0.15, 0.2) is 12.6 Å². The van der Waals surface area contributed by atoms with Gasteiger partial charge in [0.1, 0.15) is 0 Å². The quantitative estimate of drug-likeness (QED) is 0.776. The predicted molar refractivity (Wildman–Crippen MR) is 81.8 cm³/mol. The Bertz CT molecular complexity index is 473. The molecule has 0 radical (unpaired) electrons. The van der Waals surface area contributed by atoms with Crippen LogP contribution in [-0.2, 0) is 19.0 Å². The minimum Gasteiger partial charge on any atom is -0.466 e. The molecule has 1 saturated heterocycles. The Kier molecular flexibility index (Phi) is 5.11. The van der Waals surface area contributed by atoms with Crippen molar-refractivity contribution >= 4 is 5.97 Å². The molecule has 1 aromatic carbocycles. The second kappa shape index (κ2) is 7.25. The van der Waals surface area contributed by atoms with Gasteiger partial charge in [-0.3, -0.25) is 4.79 Å². The van der Waals surface area contributed by atoms with Crippen molar-refractivity contribution in [1.82, 2.24) is 0 Å². The summed E-state index contributed by atoms with van der Waals surface area (Å²) in [5.74, 6) is 0.852. The third-order valence-electron chi connectivity index (χ3n) is 4.62. The first kappa shape index (κ1) is 15.5. The monoisotopic (exact) mass is 304 g/mol. The molecule has 2 fully saturated rings. The molecule has 2 aliphatic rings. The van der Waals surface area contributed by atoms with Crippen molar-refractivity contribution in [2.24, 2.45) is 11.8 Å². The molecule has 0 aromatic heterocycles. The molecule has 0 unspecified atom stereocenters. The number of hydrogen-bond acceptors (Lipinski definition) is 4. The van der Waals surface area contributed by atoms with E-state index in [1.54, 1.807) is 0 Å². The SMILES string of the molecule is CCOC(=O)CC1CCC(C2OC(c3ccccc3)O2)CC1. The van der Waals surface area contributed by atoms with E-state index in [-0.39, 0.29) is 18.5 Å². The summed E-state index contributed by atoms with van der Waals surface area (Å²) in [5.41, 5.74) is 1.08. The van der Waals surface area contributed by atoms with Crippen LogP contribution in [0.4, 0.5) is 0 Å². The van der Waals surface area contributed by atoms with Crippen LogP contribution < -0.4 is 0 Å². The van der Waals surface area contributed by atoms with Gasteiger partial charge in [-0.1, -0.05) is 30.3 Å². The number of carbonyl (C=O) groups is 1. The molecule has 120 valence electrons. The van der Waals surface area contributed by atoms with Crippen LogP contribution in [0.3, 0.4) is 0 Å². The Morgan fingerprint density at radius 1 is 1.14 bits per heavy atom. The first-order valence-electron chi connectivity index (χ1n) is 8.27. The van der Waals surface area contributed by atoms with Gasteiger partial charge in [0.05, 0.1) is 6.61 Å². The molecule has 1 heterocycles. The van der Waals surface area contributed by atoms with Crippen LogP contribution in [0.15, 0.2) is 30.3 Å². The zero-order valence-electron chi connectivity index (χ0n) is 13.1. The fraction of sp³-hybridized carbons (Fsp3) is 0.611. The van der Waals surface area contributed by atoms with E-state index < -0.39 is 0 Å². The molecule has 22 heavy (non-hydrogen) atoms. The Hall–Kier alpha value is -1.39. The summed E-state index contributed by atoms with van der Waals surface area (Å²) in [7, 11) is 0. The van der Waals surface area contributed by atoms with Crippen LogP contribution in [0.25, 0.3) is 0 Å². The number of hydrogen-bond donors (Lipinski definition) is 0. The van der Waals surface area contributed by atoms with Gasteiger partial charge >= 0.3 is 5.97 Å². The third kappa shape index (κ3) is 3.68. The summed E-state index contributed by atoms with van der Waals surface area (Å²) < 4.78 is 16.8. The third-order valence-corrected chi connectivity index (χ3v) is 4.62. The smallest absolute Gasteiger partial charge is 0.306 e. The largest absolute Gasteiger partial charge is 0.466 e. The number of rotatable bonds is 5. The Balaban J connectivity index is 1.39. The number of ether oxygens (including phenoxy) is 3. The predicted octanol–water partition coefficient (Wildman–Crippen LogP) is 3.82. The van der Waals surface area contributed by atoms with Crippen molar-refractivity contribution in [1.29, 1.82) is 0 Å². The first-order valence-corrected chi connectivity index (χ1v) is 8.27. The fourth-order valence-electron chi connectivity index (χ4n) is 3.36. The zero-order valence-corrected chi connectivity index (χ0v) is 13.1. The van der Waals surface area contributed by atoms with E-state index in [1.807, 2.05) is 37.3 Å². The van der Waals surface area contributed by atoms with Gasteiger partial charge in [0.2, 0.25) is 0 Å². The molecule has 1 aliphatic heterocycles. The zero-order chi connectivity index (χ0) is 15.4. The number of esters is 1. The van der Waals surface area contributed by atoms with E-state index in [1.165, 1.54) is 0 Å². The second-order valence-electron chi connectivity index (χ2n) is 6.17. The van der Waals surface area contributed by atoms with Gasteiger partial charge in [-0.2, -0.15) is 0 Å². The summed E-state index contributed by atoms with van der Waals surface area (Å²) in [6, 6.07) is 10.0. The van der Waals surface area contributed by atoms with Gasteiger partial charge in [-0.05, 0) is 38.5 Å². The molecule has 3 rings (SSSR count). The highest BCUT2D eigenvalue weighted by molar-refractivity contribution is 5.69. The lowest BCUT2D eigenvalue weighted by molar-refractivity contribution is -0.408. The van der Waals surface area contributed by atoms with Crippen molar-refractivity contribution in [2.45, 2.75) is 51.6 Å². The van der Waals surface area contributed by atoms with Crippen molar-refractivity contribution in [3.63, 3.8) is 0 Å². The maximum Gasteiger partial charge on any atom is 0.306 e. The summed E-state index contributed by atoms with van der Waals surface area (Å²) in [6.45, 7) is 2.32. The summed E-state index contributed by atoms with van der Waals surface area (Å²) in [4.78, 5) is 11.5. The average molecular weight is 304 g/mol. The van der Waals surface area contributed by atoms with E-state index in [0.717, 1.165) is 31.2 Å². The molecule has 0 spiro atoms. The molecular formula is C18H24O4. The van der Waals surface area contributed by atoms with E-state index in [2.05, 4.69) is 0 Å². The second-order valence-corrected chi connectivity index (χ2v) is 6.17. The van der Waals surface area contributed by atoms with Crippen molar-refractivity contribution in [2.75, 3.05) is 6.61 Å². The van der Waals surface area contributed by atoms with Gasteiger partial charge in [0.25, 0.3) is 0 Å². The summed E-state index contributed by atoms with van der Waals surface area (Å²) in [5, 5.41) is 0. The van der Waals surface area contributed by atoms with E-state index in [9.17, 15) is 4.79 Å². The Labute approximate surface area is 131 Å². The minimum atomic E-state index is -0.205. The van der Waals surface area contributed by atoms with Crippen LogP contribution in [0.2, 0.25) is 0 Å². The topological polar surface area (TPSA) is 44.8 Å². The van der Waals surface area contributed by atoms with Crippen LogP contribution in [0, 0.1) is 11.8 Å². The Morgan fingerprint density at radius 3 is 2.45 bits per heavy atom. The molecule has 0 N–H and O–H groups in total. The molecule has 0 amide bonds. The molecule has 1 saturated carbocycles. The molecular weight excluding hydrogens is 280 g/mol. The lowest BCUT2D eigenvalue weighted by Gasteiger charge is -2.43. The standard InChI is InChI=1S/C18H24O4/c1-2-20-16(19)12-13-8-10-15(11-9-13)18-21-17(22-18)14-6-4-3-5-7-14/h3-7,13,15,17-18H,2,8-12H2,1H3. The van der Waals surface area contributed by atoms with Crippen LogP contribution in [-0.4, -0.2) is 18.9 Å². The van der Waals surface area contributed by atoms with Gasteiger partial charge < -0.3 is 14.2 Å². The summed E-state index contributed by atoms with van der Waals surface area (Å²) >= 11 is 0. The molecule has 1 aliphatic carbocycles. The van der Waals surface area contributed by atoms with E-state index >= 15 is 0 Å². The lowest BCUT2D eigenvalue weighted by atomic mass is 9.80. The van der Waals surface area contributed by atoms with Gasteiger partial charge in [-0.15, -0.1) is 0 Å². The lowest BCUT2D eigenvalue weighted by Crippen LogP contribution is -2.41. The van der Waals surface area contributed by atoms with E-state index in [0.29, 0.717) is 24.9 Å². The highest BCUT2D eigenvalue weighted by Crippen LogP contribution is 2.42. The van der Waals surface area contributed by atoms with Crippen molar-refractivity contribution < 1.29 is 19.0 Å². The molecule has 4 heteroatoms. The fourth-order valence-corrected chi connectivity index (χ4v) is 3.36. The number of carbonyl (C=O) groups excluding carboxylic acids is 1. The van der Waals surface area contributed by atoms with Crippen LogP contribution in [0.1, 0.15) is 50.9 Å². The minimum absolute atomic E-state index is 0.0637. The maximum atomic E-state index is 11.5.